The lowest BCUT2D eigenvalue weighted by Gasteiger charge is -2.10. The highest BCUT2D eigenvalue weighted by molar-refractivity contribution is 6.01. The van der Waals surface area contributed by atoms with Crippen molar-refractivity contribution in [1.82, 2.24) is 5.32 Å². The fourth-order valence-electron chi connectivity index (χ4n) is 2.75. The Balaban J connectivity index is 1.53. The number of hydrogen-bond acceptors (Lipinski definition) is 5. The number of oxime groups is 1. The molecule has 1 N–H and O–H groups in total. The van der Waals surface area contributed by atoms with Crippen LogP contribution in [0.15, 0.2) is 47.6 Å². The van der Waals surface area contributed by atoms with E-state index in [9.17, 15) is 4.39 Å². The lowest BCUT2D eigenvalue weighted by Crippen LogP contribution is -2.26. The second-order valence-corrected chi connectivity index (χ2v) is 5.80. The predicted octanol–water partition coefficient (Wildman–Crippen LogP) is 3.13. The van der Waals surface area contributed by atoms with Gasteiger partial charge in [0.1, 0.15) is 11.9 Å². The van der Waals surface area contributed by atoms with Crippen LogP contribution < -0.4 is 14.8 Å². The first-order chi connectivity index (χ1) is 12.2. The second kappa shape index (κ2) is 7.98. The number of methoxy groups -OCH3 is 2. The third-order valence-corrected chi connectivity index (χ3v) is 4.04. The Morgan fingerprint density at radius 3 is 2.76 bits per heavy atom. The molecular formula is C19H21FN2O3. The van der Waals surface area contributed by atoms with E-state index >= 15 is 0 Å². The van der Waals surface area contributed by atoms with Gasteiger partial charge in [-0.05, 0) is 35.9 Å². The number of benzene rings is 2. The molecule has 0 aromatic heterocycles. The fraction of sp³-hybridized carbons (Fsp3) is 0.316. The van der Waals surface area contributed by atoms with Crippen LogP contribution in [0.25, 0.3) is 0 Å². The Kier molecular flexibility index (Phi) is 5.50. The number of nitrogens with zero attached hydrogens (tertiary/aromatic N) is 1. The summed E-state index contributed by atoms with van der Waals surface area (Å²) in [6, 6.07) is 12.2. The first kappa shape index (κ1) is 17.2. The Morgan fingerprint density at radius 1 is 1.16 bits per heavy atom. The van der Waals surface area contributed by atoms with E-state index in [1.165, 1.54) is 12.1 Å². The lowest BCUT2D eigenvalue weighted by molar-refractivity contribution is 0.0848. The molecule has 1 aliphatic rings. The highest BCUT2D eigenvalue weighted by Crippen LogP contribution is 2.29. The van der Waals surface area contributed by atoms with Crippen molar-refractivity contribution >= 4 is 5.71 Å². The standard InChI is InChI=1S/C19H21FN2O3/c1-23-18-7-6-14(9-19(18)24-2)17-10-16(25-22-17)12-21-11-13-4-3-5-15(20)8-13/h3-9,16,21H,10-12H2,1-2H3/t16-/m0/s1. The largest absolute Gasteiger partial charge is 0.493 e. The van der Waals surface area contributed by atoms with Crippen molar-refractivity contribution in [3.8, 4) is 11.5 Å². The van der Waals surface area contributed by atoms with E-state index in [0.29, 0.717) is 31.0 Å². The van der Waals surface area contributed by atoms with Crippen LogP contribution >= 0.6 is 0 Å². The molecule has 2 aromatic rings. The minimum Gasteiger partial charge on any atom is -0.493 e. The average molecular weight is 344 g/mol. The van der Waals surface area contributed by atoms with Gasteiger partial charge in [0.15, 0.2) is 11.5 Å². The van der Waals surface area contributed by atoms with Crippen LogP contribution in [0.4, 0.5) is 4.39 Å². The molecule has 0 fully saturated rings. The van der Waals surface area contributed by atoms with Gasteiger partial charge in [0.2, 0.25) is 0 Å². The summed E-state index contributed by atoms with van der Waals surface area (Å²) in [7, 11) is 3.21. The molecule has 0 amide bonds. The second-order valence-electron chi connectivity index (χ2n) is 5.80. The lowest BCUT2D eigenvalue weighted by atomic mass is 10.0. The van der Waals surface area contributed by atoms with Crippen LogP contribution in [0.1, 0.15) is 17.5 Å². The Morgan fingerprint density at radius 2 is 2.00 bits per heavy atom. The minimum absolute atomic E-state index is 0.0448. The summed E-state index contributed by atoms with van der Waals surface area (Å²) in [5.41, 5.74) is 2.72. The Bertz CT molecular complexity index is 764. The zero-order valence-corrected chi connectivity index (χ0v) is 14.3. The topological polar surface area (TPSA) is 52.1 Å². The molecule has 1 aliphatic heterocycles. The molecule has 3 rings (SSSR count). The summed E-state index contributed by atoms with van der Waals surface area (Å²) in [4.78, 5) is 5.49. The Hall–Kier alpha value is -2.60. The molecule has 1 heterocycles. The minimum atomic E-state index is -0.226. The van der Waals surface area contributed by atoms with E-state index in [2.05, 4.69) is 10.5 Å². The molecule has 0 saturated carbocycles. The van der Waals surface area contributed by atoms with Gasteiger partial charge in [-0.25, -0.2) is 4.39 Å². The van der Waals surface area contributed by atoms with Crippen LogP contribution in [0, 0.1) is 5.82 Å². The molecule has 2 aromatic carbocycles. The molecule has 0 radical (unpaired) electrons. The summed E-state index contributed by atoms with van der Waals surface area (Å²) in [6.07, 6.45) is 0.655. The molecule has 132 valence electrons. The van der Waals surface area contributed by atoms with Gasteiger partial charge in [-0.1, -0.05) is 17.3 Å². The number of rotatable bonds is 7. The molecule has 0 saturated heterocycles. The third kappa shape index (κ3) is 4.28. The molecule has 0 spiro atoms. The smallest absolute Gasteiger partial charge is 0.161 e. The van der Waals surface area contributed by atoms with Gasteiger partial charge in [0.25, 0.3) is 0 Å². The zero-order valence-electron chi connectivity index (χ0n) is 14.3. The SMILES string of the molecule is COc1ccc(C2=NO[C@H](CNCc3cccc(F)c3)C2)cc1OC. The average Bonchev–Trinajstić information content (AvgIpc) is 3.10. The van der Waals surface area contributed by atoms with E-state index in [0.717, 1.165) is 16.8 Å². The fourth-order valence-corrected chi connectivity index (χ4v) is 2.75. The summed E-state index contributed by atoms with van der Waals surface area (Å²) >= 11 is 0. The van der Waals surface area contributed by atoms with Gasteiger partial charge < -0.3 is 19.6 Å². The van der Waals surface area contributed by atoms with Crippen molar-refractivity contribution in [2.75, 3.05) is 20.8 Å². The number of halogens is 1. The zero-order chi connectivity index (χ0) is 17.6. The van der Waals surface area contributed by atoms with Crippen LogP contribution in [-0.4, -0.2) is 32.6 Å². The van der Waals surface area contributed by atoms with Gasteiger partial charge in [-0.2, -0.15) is 0 Å². The monoisotopic (exact) mass is 344 g/mol. The summed E-state index contributed by atoms with van der Waals surface area (Å²) < 4.78 is 23.7. The summed E-state index contributed by atoms with van der Waals surface area (Å²) in [5, 5.41) is 7.45. The highest BCUT2D eigenvalue weighted by atomic mass is 19.1. The van der Waals surface area contributed by atoms with E-state index in [1.54, 1.807) is 20.3 Å². The molecule has 5 nitrogen and oxygen atoms in total. The van der Waals surface area contributed by atoms with E-state index in [4.69, 9.17) is 14.3 Å². The van der Waals surface area contributed by atoms with Crippen molar-refractivity contribution in [2.45, 2.75) is 19.1 Å². The van der Waals surface area contributed by atoms with Crippen LogP contribution in [0.2, 0.25) is 0 Å². The maximum absolute atomic E-state index is 13.2. The predicted molar refractivity (Wildman–Crippen MR) is 93.7 cm³/mol. The first-order valence-electron chi connectivity index (χ1n) is 8.10. The van der Waals surface area contributed by atoms with Gasteiger partial charge in [0.05, 0.1) is 19.9 Å². The highest BCUT2D eigenvalue weighted by Gasteiger charge is 2.22. The number of hydrogen-bond donors (Lipinski definition) is 1. The third-order valence-electron chi connectivity index (χ3n) is 4.04. The van der Waals surface area contributed by atoms with Crippen LogP contribution in [0.5, 0.6) is 11.5 Å². The molecule has 6 heteroatoms. The van der Waals surface area contributed by atoms with E-state index in [-0.39, 0.29) is 11.9 Å². The van der Waals surface area contributed by atoms with Gasteiger partial charge in [0, 0.05) is 25.1 Å². The molecule has 1 atom stereocenters. The molecule has 0 unspecified atom stereocenters. The molecule has 0 aliphatic carbocycles. The van der Waals surface area contributed by atoms with Gasteiger partial charge >= 0.3 is 0 Å². The number of nitrogens with one attached hydrogen (secondary N) is 1. The van der Waals surface area contributed by atoms with Crippen molar-refractivity contribution in [3.63, 3.8) is 0 Å². The van der Waals surface area contributed by atoms with Gasteiger partial charge in [-0.3, -0.25) is 0 Å². The van der Waals surface area contributed by atoms with Crippen molar-refractivity contribution < 1.29 is 18.7 Å². The Labute approximate surface area is 146 Å². The van der Waals surface area contributed by atoms with Crippen molar-refractivity contribution in [2.24, 2.45) is 5.16 Å². The molecular weight excluding hydrogens is 323 g/mol. The van der Waals surface area contributed by atoms with E-state index in [1.807, 2.05) is 24.3 Å². The van der Waals surface area contributed by atoms with Gasteiger partial charge in [-0.15, -0.1) is 0 Å². The van der Waals surface area contributed by atoms with Crippen LogP contribution in [0.3, 0.4) is 0 Å². The van der Waals surface area contributed by atoms with Crippen molar-refractivity contribution in [1.29, 1.82) is 0 Å². The summed E-state index contributed by atoms with van der Waals surface area (Å²) in [5.74, 6) is 1.12. The maximum Gasteiger partial charge on any atom is 0.161 e. The van der Waals surface area contributed by atoms with Crippen molar-refractivity contribution in [3.05, 3.63) is 59.4 Å². The quantitative estimate of drug-likeness (QED) is 0.838. The van der Waals surface area contributed by atoms with Crippen LogP contribution in [-0.2, 0) is 11.4 Å². The van der Waals surface area contributed by atoms with E-state index < -0.39 is 0 Å². The number of ether oxygens (including phenoxy) is 2. The maximum atomic E-state index is 13.2. The normalized spacial score (nSPS) is 16.3. The first-order valence-corrected chi connectivity index (χ1v) is 8.10. The molecule has 0 bridgehead atoms. The summed E-state index contributed by atoms with van der Waals surface area (Å²) in [6.45, 7) is 1.22. The molecule has 25 heavy (non-hydrogen) atoms.